The monoisotopic (exact) mass is 412 g/mol. The van der Waals surface area contributed by atoms with Gasteiger partial charge in [-0.3, -0.25) is 0 Å². The van der Waals surface area contributed by atoms with Crippen molar-refractivity contribution in [3.63, 3.8) is 0 Å². The summed E-state index contributed by atoms with van der Waals surface area (Å²) in [6.07, 6.45) is 10.6. The number of methoxy groups -OCH3 is 2. The first kappa shape index (κ1) is 19.7. The predicted octanol–water partition coefficient (Wildman–Crippen LogP) is 4.51. The highest BCUT2D eigenvalue weighted by atomic mass is 32.1. The highest BCUT2D eigenvalue weighted by Gasteiger charge is 2.09. The highest BCUT2D eigenvalue weighted by molar-refractivity contribution is 7.14. The standard InChI is InChI=1S/C20H16N2O4S2/c1-25-19(23)15-11-21-17(27-15)8-6-13-4-3-5-14(10-13)7-9-18-22-12-16(28-18)20(24)26-2/h3-12H,1-2H3/b8-6+,9-7+. The van der Waals surface area contributed by atoms with Gasteiger partial charge in [-0.15, -0.1) is 22.7 Å². The summed E-state index contributed by atoms with van der Waals surface area (Å²) in [5.74, 6) is -0.774. The quantitative estimate of drug-likeness (QED) is 0.554. The van der Waals surface area contributed by atoms with Gasteiger partial charge in [-0.2, -0.15) is 0 Å². The minimum absolute atomic E-state index is 0.387. The SMILES string of the molecule is COC(=O)c1cnc(/C=C/c2cccc(/C=C/c3ncc(C(=O)OC)s3)c2)s1. The van der Waals surface area contributed by atoms with Gasteiger partial charge in [-0.25, -0.2) is 19.6 Å². The zero-order valence-corrected chi connectivity index (χ0v) is 16.8. The molecule has 3 rings (SSSR count). The van der Waals surface area contributed by atoms with Crippen molar-refractivity contribution in [1.29, 1.82) is 0 Å². The van der Waals surface area contributed by atoms with Gasteiger partial charge in [0.15, 0.2) is 0 Å². The molecule has 8 heteroatoms. The van der Waals surface area contributed by atoms with Crippen LogP contribution in [-0.2, 0) is 9.47 Å². The van der Waals surface area contributed by atoms with E-state index in [2.05, 4.69) is 19.4 Å². The Morgan fingerprint density at radius 3 is 1.71 bits per heavy atom. The van der Waals surface area contributed by atoms with Crippen LogP contribution in [0.3, 0.4) is 0 Å². The van der Waals surface area contributed by atoms with E-state index in [1.165, 1.54) is 49.3 Å². The smallest absolute Gasteiger partial charge is 0.349 e. The number of esters is 2. The summed E-state index contributed by atoms with van der Waals surface area (Å²) in [7, 11) is 2.69. The lowest BCUT2D eigenvalue weighted by Gasteiger charge is -1.96. The lowest BCUT2D eigenvalue weighted by atomic mass is 10.1. The Morgan fingerprint density at radius 1 is 0.821 bits per heavy atom. The Hall–Kier alpha value is -3.10. The van der Waals surface area contributed by atoms with Crippen LogP contribution in [0.25, 0.3) is 24.3 Å². The first-order chi connectivity index (χ1) is 13.6. The largest absolute Gasteiger partial charge is 0.465 e. The van der Waals surface area contributed by atoms with Gasteiger partial charge in [-0.1, -0.05) is 30.4 Å². The molecule has 2 aromatic heterocycles. The van der Waals surface area contributed by atoms with Crippen molar-refractivity contribution in [2.75, 3.05) is 14.2 Å². The molecule has 0 aliphatic heterocycles. The van der Waals surface area contributed by atoms with Gasteiger partial charge in [0, 0.05) is 0 Å². The summed E-state index contributed by atoms with van der Waals surface area (Å²) in [6.45, 7) is 0. The average molecular weight is 412 g/mol. The molecule has 2 heterocycles. The molecule has 0 radical (unpaired) electrons. The first-order valence-electron chi connectivity index (χ1n) is 8.13. The van der Waals surface area contributed by atoms with Crippen molar-refractivity contribution >= 4 is 58.9 Å². The van der Waals surface area contributed by atoms with E-state index in [1.807, 2.05) is 48.6 Å². The number of hydrogen-bond acceptors (Lipinski definition) is 8. The van der Waals surface area contributed by atoms with Crippen LogP contribution in [0.5, 0.6) is 0 Å². The molecule has 0 aliphatic carbocycles. The van der Waals surface area contributed by atoms with Gasteiger partial charge in [0.2, 0.25) is 0 Å². The molecule has 0 saturated heterocycles. The van der Waals surface area contributed by atoms with E-state index in [1.54, 1.807) is 0 Å². The molecule has 0 saturated carbocycles. The van der Waals surface area contributed by atoms with E-state index >= 15 is 0 Å². The number of ether oxygens (including phenoxy) is 2. The zero-order valence-electron chi connectivity index (χ0n) is 15.1. The summed E-state index contributed by atoms with van der Waals surface area (Å²) in [5.41, 5.74) is 1.98. The second kappa shape index (κ2) is 9.20. The molecule has 0 unspecified atom stereocenters. The third-order valence-corrected chi connectivity index (χ3v) is 5.45. The summed E-state index contributed by atoms with van der Waals surface area (Å²) in [6, 6.07) is 7.91. The number of carbonyl (C=O) groups excluding carboxylic acids is 2. The summed E-state index contributed by atoms with van der Waals surface area (Å²) < 4.78 is 9.36. The van der Waals surface area contributed by atoms with Crippen LogP contribution in [-0.4, -0.2) is 36.1 Å². The van der Waals surface area contributed by atoms with Gasteiger partial charge in [0.25, 0.3) is 0 Å². The average Bonchev–Trinajstić information content (AvgIpc) is 3.39. The number of nitrogens with zero attached hydrogens (tertiary/aromatic N) is 2. The molecular weight excluding hydrogens is 396 g/mol. The van der Waals surface area contributed by atoms with E-state index in [-0.39, 0.29) is 11.9 Å². The molecular formula is C20H16N2O4S2. The van der Waals surface area contributed by atoms with Crippen molar-refractivity contribution < 1.29 is 19.1 Å². The third kappa shape index (κ3) is 4.99. The van der Waals surface area contributed by atoms with Crippen molar-refractivity contribution in [2.24, 2.45) is 0 Å². The van der Waals surface area contributed by atoms with Gasteiger partial charge in [0.05, 0.1) is 26.6 Å². The van der Waals surface area contributed by atoms with Gasteiger partial charge in [-0.05, 0) is 29.3 Å². The normalized spacial score (nSPS) is 11.2. The minimum Gasteiger partial charge on any atom is -0.465 e. The number of rotatable bonds is 6. The molecule has 0 atom stereocenters. The van der Waals surface area contributed by atoms with Gasteiger partial charge >= 0.3 is 11.9 Å². The van der Waals surface area contributed by atoms with E-state index in [0.717, 1.165) is 21.1 Å². The maximum atomic E-state index is 11.5. The fourth-order valence-corrected chi connectivity index (χ4v) is 3.70. The van der Waals surface area contributed by atoms with Crippen LogP contribution in [0.4, 0.5) is 0 Å². The molecule has 0 spiro atoms. The fourth-order valence-electron chi connectivity index (χ4n) is 2.22. The third-order valence-electron chi connectivity index (χ3n) is 3.57. The Bertz CT molecular complexity index is 970. The Kier molecular flexibility index (Phi) is 6.46. The van der Waals surface area contributed by atoms with Crippen molar-refractivity contribution in [2.45, 2.75) is 0 Å². The molecule has 0 aliphatic rings. The summed E-state index contributed by atoms with van der Waals surface area (Å²) in [4.78, 5) is 32.3. The fraction of sp³-hybridized carbons (Fsp3) is 0.100. The number of hydrogen-bond donors (Lipinski definition) is 0. The minimum atomic E-state index is -0.387. The topological polar surface area (TPSA) is 78.4 Å². The maximum Gasteiger partial charge on any atom is 0.349 e. The first-order valence-corrected chi connectivity index (χ1v) is 9.77. The van der Waals surface area contributed by atoms with E-state index < -0.39 is 0 Å². The van der Waals surface area contributed by atoms with Crippen LogP contribution in [0.2, 0.25) is 0 Å². The van der Waals surface area contributed by atoms with Gasteiger partial charge in [0.1, 0.15) is 19.8 Å². The van der Waals surface area contributed by atoms with Crippen LogP contribution in [0.15, 0.2) is 36.7 Å². The lowest BCUT2D eigenvalue weighted by Crippen LogP contribution is -1.96. The van der Waals surface area contributed by atoms with Crippen molar-refractivity contribution in [3.8, 4) is 0 Å². The van der Waals surface area contributed by atoms with E-state index in [0.29, 0.717) is 9.75 Å². The maximum absolute atomic E-state index is 11.5. The molecule has 28 heavy (non-hydrogen) atoms. The second-order valence-electron chi connectivity index (χ2n) is 5.45. The zero-order chi connectivity index (χ0) is 19.9. The molecule has 0 amide bonds. The molecule has 0 bridgehead atoms. The highest BCUT2D eigenvalue weighted by Crippen LogP contribution is 2.19. The molecule has 3 aromatic rings. The summed E-state index contributed by atoms with van der Waals surface area (Å²) >= 11 is 2.54. The molecule has 1 aromatic carbocycles. The number of carbonyl (C=O) groups is 2. The molecule has 142 valence electrons. The molecule has 6 nitrogen and oxygen atoms in total. The second-order valence-corrected chi connectivity index (χ2v) is 7.57. The Balaban J connectivity index is 1.70. The predicted molar refractivity (Wildman–Crippen MR) is 111 cm³/mol. The van der Waals surface area contributed by atoms with Crippen LogP contribution < -0.4 is 0 Å². The van der Waals surface area contributed by atoms with E-state index in [4.69, 9.17) is 0 Å². The Morgan fingerprint density at radius 2 is 1.29 bits per heavy atom. The van der Waals surface area contributed by atoms with E-state index in [9.17, 15) is 9.59 Å². The van der Waals surface area contributed by atoms with Crippen LogP contribution in [0, 0.1) is 0 Å². The van der Waals surface area contributed by atoms with Crippen molar-refractivity contribution in [1.82, 2.24) is 9.97 Å². The molecule has 0 fully saturated rings. The lowest BCUT2D eigenvalue weighted by molar-refractivity contribution is 0.0597. The molecule has 0 N–H and O–H groups in total. The summed E-state index contributed by atoms with van der Waals surface area (Å²) in [5, 5.41) is 1.44. The van der Waals surface area contributed by atoms with Crippen LogP contribution in [0.1, 0.15) is 40.5 Å². The van der Waals surface area contributed by atoms with Gasteiger partial charge < -0.3 is 9.47 Å². The van der Waals surface area contributed by atoms with Crippen molar-refractivity contribution in [3.05, 3.63) is 67.6 Å². The number of aromatic nitrogens is 2. The van der Waals surface area contributed by atoms with Crippen LogP contribution >= 0.6 is 22.7 Å². The number of thiazole rings is 2. The Labute approximate surface area is 169 Å². The number of benzene rings is 1.